The summed E-state index contributed by atoms with van der Waals surface area (Å²) in [6.07, 6.45) is 0. The van der Waals surface area contributed by atoms with Crippen LogP contribution in [0.25, 0.3) is 0 Å². The Morgan fingerprint density at radius 2 is 0.818 bits per heavy atom. The predicted octanol–water partition coefficient (Wildman–Crippen LogP) is -1.08. The summed E-state index contributed by atoms with van der Waals surface area (Å²) in [7, 11) is -5.39. The van der Waals surface area contributed by atoms with Crippen LogP contribution < -0.4 is 14.7 Å². The average molecular weight is 336 g/mol. The summed E-state index contributed by atoms with van der Waals surface area (Å²) in [4.78, 5) is 25.6. The summed E-state index contributed by atoms with van der Waals surface area (Å²) in [5.74, 6) is 0. The van der Waals surface area contributed by atoms with Crippen LogP contribution in [0.1, 0.15) is 0 Å². The second-order valence-electron chi connectivity index (χ2n) is 0.447. The van der Waals surface area contributed by atoms with E-state index in [-0.39, 0.29) is 0 Å². The molecule has 0 aliphatic heterocycles. The van der Waals surface area contributed by atoms with E-state index < -0.39 is 7.82 Å². The molecule has 0 aromatic heterocycles. The van der Waals surface area contributed by atoms with Gasteiger partial charge in [0.2, 0.25) is 0 Å². The molecule has 0 radical (unpaired) electrons. The summed E-state index contributed by atoms with van der Waals surface area (Å²) in [5.41, 5.74) is 6.38. The molecule has 8 heteroatoms. The zero-order chi connectivity index (χ0) is 10.5. The van der Waals surface area contributed by atoms with E-state index in [2.05, 4.69) is 16.6 Å². The molecule has 0 spiro atoms. The van der Waals surface area contributed by atoms with Gasteiger partial charge in [0.15, 0.2) is 0 Å². The summed E-state index contributed by atoms with van der Waals surface area (Å²) >= 11 is 4.12. The fourth-order valence-electron chi connectivity index (χ4n) is 0. The Hall–Kier alpha value is 1.98. The number of hydrogen-bond donors (Lipinski definition) is 0. The minimum absolute atomic E-state index is 1.38. The first-order valence-corrected chi connectivity index (χ1v) is 13.2. The molecule has 0 aliphatic rings. The predicted molar refractivity (Wildman–Crippen MR) is 25.2 cm³/mol. The molecule has 0 heterocycles. The molecular formula is C3H9O4PZn3. The second kappa shape index (κ2) is 22.7. The van der Waals surface area contributed by atoms with Crippen molar-refractivity contribution in [1.82, 2.24) is 0 Å². The van der Waals surface area contributed by atoms with Crippen molar-refractivity contribution in [3.05, 3.63) is 0 Å². The first-order chi connectivity index (χ1) is 5.00. The summed E-state index contributed by atoms with van der Waals surface area (Å²) in [6.45, 7) is 0. The van der Waals surface area contributed by atoms with Crippen molar-refractivity contribution in [3.8, 4) is 0 Å². The van der Waals surface area contributed by atoms with Crippen LogP contribution in [0.2, 0.25) is 16.6 Å². The molecule has 0 saturated heterocycles. The van der Waals surface area contributed by atoms with Crippen LogP contribution in [0.3, 0.4) is 0 Å². The van der Waals surface area contributed by atoms with Gasteiger partial charge in [0, 0.05) is 0 Å². The van der Waals surface area contributed by atoms with Gasteiger partial charge in [-0.25, -0.2) is 0 Å². The molecule has 0 amide bonds. The van der Waals surface area contributed by atoms with Crippen LogP contribution in [-0.4, -0.2) is 0 Å². The van der Waals surface area contributed by atoms with Gasteiger partial charge in [0.1, 0.15) is 0 Å². The van der Waals surface area contributed by atoms with E-state index in [1.807, 2.05) is 0 Å². The molecule has 0 rings (SSSR count). The van der Waals surface area contributed by atoms with Gasteiger partial charge in [-0.1, -0.05) is 0 Å². The van der Waals surface area contributed by atoms with Crippen molar-refractivity contribution < 1.29 is 74.2 Å². The Bertz CT molecular complexity index is 66.7. The van der Waals surface area contributed by atoms with Crippen molar-refractivity contribution >= 4 is 7.82 Å². The fourth-order valence-corrected chi connectivity index (χ4v) is 0. The molecule has 4 nitrogen and oxygen atoms in total. The Morgan fingerprint density at radius 3 is 0.818 bits per heavy atom. The van der Waals surface area contributed by atoms with Crippen LogP contribution in [0.4, 0.5) is 0 Å². The van der Waals surface area contributed by atoms with Crippen molar-refractivity contribution in [2.24, 2.45) is 0 Å². The van der Waals surface area contributed by atoms with Crippen LogP contribution in [0.5, 0.6) is 0 Å². The van der Waals surface area contributed by atoms with E-state index in [0.717, 1.165) is 0 Å². The van der Waals surface area contributed by atoms with Crippen LogP contribution in [0, 0.1) is 0 Å². The van der Waals surface area contributed by atoms with Gasteiger partial charge in [-0.2, -0.15) is 7.82 Å². The molecule has 0 N–H and O–H groups in total. The van der Waals surface area contributed by atoms with E-state index in [0.29, 0.717) is 0 Å². The second-order valence-corrected chi connectivity index (χ2v) is 1.34. The van der Waals surface area contributed by atoms with Crippen LogP contribution >= 0.6 is 7.82 Å². The van der Waals surface area contributed by atoms with E-state index in [9.17, 15) is 0 Å². The van der Waals surface area contributed by atoms with Crippen molar-refractivity contribution in [2.75, 3.05) is 0 Å². The van der Waals surface area contributed by atoms with Crippen molar-refractivity contribution in [3.63, 3.8) is 0 Å². The maximum atomic E-state index is 8.55. The SMILES string of the molecule is O=P([O-])([O-])[O-].[CH3][Zn+].[CH3][Zn+].[CH3][Zn+]. The molecule has 0 fully saturated rings. The molecule has 0 atom stereocenters. The van der Waals surface area contributed by atoms with Crippen LogP contribution in [0.15, 0.2) is 0 Å². The average Bonchev–Trinajstić information content (AvgIpc) is 1.96. The van der Waals surface area contributed by atoms with Gasteiger partial charge >= 0.3 is 71.5 Å². The third kappa shape index (κ3) is 304. The van der Waals surface area contributed by atoms with Crippen LogP contribution in [-0.2, 0) is 59.5 Å². The van der Waals surface area contributed by atoms with Gasteiger partial charge in [0.05, 0.1) is 0 Å². The monoisotopic (exact) mass is 332 g/mol. The molecule has 11 heavy (non-hydrogen) atoms. The van der Waals surface area contributed by atoms with E-state index >= 15 is 0 Å². The zero-order valence-electron chi connectivity index (χ0n) is 7.20. The quantitative estimate of drug-likeness (QED) is 0.416. The molecule has 0 aliphatic carbocycles. The Balaban J connectivity index is -0.0000000350. The summed E-state index contributed by atoms with van der Waals surface area (Å²) in [6, 6.07) is 0. The number of phosphoric acid groups is 1. The first-order valence-electron chi connectivity index (χ1n) is 2.85. The Morgan fingerprint density at radius 1 is 0.818 bits per heavy atom. The molecule has 0 aromatic carbocycles. The third-order valence-corrected chi connectivity index (χ3v) is 0. The van der Waals surface area contributed by atoms with Gasteiger partial charge in [-0.05, 0) is 0 Å². The van der Waals surface area contributed by atoms with Gasteiger partial charge in [-0.3, -0.25) is 0 Å². The molecule has 0 aromatic rings. The fraction of sp³-hybridized carbons (Fsp3) is 1.00. The maximum absolute atomic E-state index is 8.55. The number of rotatable bonds is 0. The molecular weight excluding hydrogens is 327 g/mol. The van der Waals surface area contributed by atoms with E-state index in [4.69, 9.17) is 19.2 Å². The third-order valence-electron chi connectivity index (χ3n) is 0. The van der Waals surface area contributed by atoms with E-state index in [1.165, 1.54) is 54.9 Å². The van der Waals surface area contributed by atoms with Gasteiger partial charge in [0.25, 0.3) is 0 Å². The van der Waals surface area contributed by atoms with Gasteiger partial charge < -0.3 is 19.2 Å². The normalized spacial score (nSPS) is 7.27. The number of hydrogen-bond acceptors (Lipinski definition) is 4. The zero-order valence-corrected chi connectivity index (χ0v) is 17.0. The minimum atomic E-state index is -5.39. The first kappa shape index (κ1) is 23.1. The van der Waals surface area contributed by atoms with Crippen molar-refractivity contribution in [1.29, 1.82) is 0 Å². The molecule has 0 saturated carbocycles. The summed E-state index contributed by atoms with van der Waals surface area (Å²) < 4.78 is 8.55. The van der Waals surface area contributed by atoms with Gasteiger partial charge in [-0.15, -0.1) is 0 Å². The Labute approximate surface area is 97.8 Å². The van der Waals surface area contributed by atoms with Crippen molar-refractivity contribution in [2.45, 2.75) is 16.6 Å². The Kier molecular flexibility index (Phi) is 47.6. The summed E-state index contributed by atoms with van der Waals surface area (Å²) in [5, 5.41) is 0. The topological polar surface area (TPSA) is 86.2 Å². The molecule has 56 valence electrons. The molecule has 0 bridgehead atoms. The standard InChI is InChI=1S/3CH3.H3O4P.3Zn/c;;;1-5(2,3)4;;;/h3*1H3;(H3,1,2,3,4);;;/q;;;;3*+1/p-3. The molecule has 0 unspecified atom stereocenters. The van der Waals surface area contributed by atoms with E-state index in [1.54, 1.807) is 0 Å².